The monoisotopic (exact) mass is 490 g/mol. The molecule has 36 heavy (non-hydrogen) atoms. The molecule has 1 fully saturated rings. The van der Waals surface area contributed by atoms with Crippen molar-refractivity contribution in [3.63, 3.8) is 0 Å². The smallest absolute Gasteiger partial charge is 0.128 e. The summed E-state index contributed by atoms with van der Waals surface area (Å²) in [5.41, 5.74) is 5.01. The fourth-order valence-corrected chi connectivity index (χ4v) is 6.06. The van der Waals surface area contributed by atoms with Gasteiger partial charge < -0.3 is 0 Å². The Morgan fingerprint density at radius 1 is 0.667 bits per heavy atom. The van der Waals surface area contributed by atoms with Gasteiger partial charge in [0.15, 0.2) is 0 Å². The number of unbranched alkanes of at least 4 members (excludes halogenated alkanes) is 9. The molecular weight excluding hydrogens is 436 g/mol. The second-order valence-corrected chi connectivity index (χ2v) is 11.6. The van der Waals surface area contributed by atoms with Gasteiger partial charge in [-0.2, -0.15) is 0 Å². The SMILES string of the molecule is CCCCCCCCCCc1ccc(-c2cnc(CCC3CCC(CCCCC)CC3)nc2C)cc1. The Morgan fingerprint density at radius 2 is 1.25 bits per heavy atom. The topological polar surface area (TPSA) is 25.8 Å². The number of aromatic nitrogens is 2. The van der Waals surface area contributed by atoms with Crippen molar-refractivity contribution in [2.24, 2.45) is 11.8 Å². The Kier molecular flexibility index (Phi) is 13.6. The van der Waals surface area contributed by atoms with Crippen LogP contribution >= 0.6 is 0 Å². The van der Waals surface area contributed by atoms with Gasteiger partial charge in [0.1, 0.15) is 5.82 Å². The summed E-state index contributed by atoms with van der Waals surface area (Å²) in [6.45, 7) is 6.75. The molecular formula is C34H54N2. The van der Waals surface area contributed by atoms with Crippen LogP contribution in [0, 0.1) is 18.8 Å². The lowest BCUT2D eigenvalue weighted by Crippen LogP contribution is -2.15. The van der Waals surface area contributed by atoms with Crippen molar-refractivity contribution in [3.05, 3.63) is 47.5 Å². The van der Waals surface area contributed by atoms with Crippen LogP contribution in [0.4, 0.5) is 0 Å². The van der Waals surface area contributed by atoms with Crippen molar-refractivity contribution in [1.29, 1.82) is 0 Å². The average molecular weight is 491 g/mol. The molecule has 2 heteroatoms. The predicted octanol–water partition coefficient (Wildman–Crippen LogP) is 10.5. The van der Waals surface area contributed by atoms with Gasteiger partial charge in [0.05, 0.1) is 0 Å². The molecule has 0 saturated heterocycles. The predicted molar refractivity (Wildman–Crippen MR) is 156 cm³/mol. The van der Waals surface area contributed by atoms with Crippen molar-refractivity contribution < 1.29 is 0 Å². The van der Waals surface area contributed by atoms with E-state index in [9.17, 15) is 0 Å². The number of rotatable bonds is 17. The summed E-state index contributed by atoms with van der Waals surface area (Å²) in [5, 5.41) is 0. The van der Waals surface area contributed by atoms with Crippen LogP contribution in [0.2, 0.25) is 0 Å². The molecule has 1 aromatic carbocycles. The van der Waals surface area contributed by atoms with Gasteiger partial charge in [0.2, 0.25) is 0 Å². The summed E-state index contributed by atoms with van der Waals surface area (Å²) in [7, 11) is 0. The van der Waals surface area contributed by atoms with E-state index in [-0.39, 0.29) is 0 Å². The molecule has 3 rings (SSSR count). The third kappa shape index (κ3) is 10.3. The van der Waals surface area contributed by atoms with Crippen LogP contribution in [-0.2, 0) is 12.8 Å². The Labute approximate surface area is 223 Å². The second-order valence-electron chi connectivity index (χ2n) is 11.6. The molecule has 1 saturated carbocycles. The molecule has 0 atom stereocenters. The van der Waals surface area contributed by atoms with Crippen molar-refractivity contribution in [1.82, 2.24) is 9.97 Å². The maximum absolute atomic E-state index is 4.91. The van der Waals surface area contributed by atoms with Gasteiger partial charge in [-0.1, -0.05) is 134 Å². The molecule has 0 spiro atoms. The average Bonchev–Trinajstić information content (AvgIpc) is 2.90. The molecule has 200 valence electrons. The molecule has 2 aromatic rings. The lowest BCUT2D eigenvalue weighted by molar-refractivity contribution is 0.248. The quantitative estimate of drug-likeness (QED) is 0.206. The van der Waals surface area contributed by atoms with Crippen molar-refractivity contribution >= 4 is 0 Å². The first-order valence-corrected chi connectivity index (χ1v) is 15.6. The van der Waals surface area contributed by atoms with Gasteiger partial charge in [0, 0.05) is 23.9 Å². The van der Waals surface area contributed by atoms with Crippen LogP contribution in [0.1, 0.15) is 140 Å². The number of hydrogen-bond acceptors (Lipinski definition) is 2. The highest BCUT2D eigenvalue weighted by atomic mass is 14.9. The summed E-state index contributed by atoms with van der Waals surface area (Å²) in [6.07, 6.45) is 28.0. The zero-order chi connectivity index (χ0) is 25.4. The van der Waals surface area contributed by atoms with Gasteiger partial charge in [0.25, 0.3) is 0 Å². The van der Waals surface area contributed by atoms with Gasteiger partial charge in [-0.05, 0) is 49.1 Å². The maximum Gasteiger partial charge on any atom is 0.128 e. The van der Waals surface area contributed by atoms with Crippen LogP contribution in [0.3, 0.4) is 0 Å². The lowest BCUT2D eigenvalue weighted by Gasteiger charge is -2.28. The van der Waals surface area contributed by atoms with E-state index in [1.807, 2.05) is 0 Å². The summed E-state index contributed by atoms with van der Waals surface area (Å²) < 4.78 is 0. The summed E-state index contributed by atoms with van der Waals surface area (Å²) in [5.74, 6) is 2.91. The van der Waals surface area contributed by atoms with Crippen LogP contribution in [0.25, 0.3) is 11.1 Å². The molecule has 1 aliphatic rings. The minimum Gasteiger partial charge on any atom is -0.241 e. The van der Waals surface area contributed by atoms with Crippen LogP contribution in [0.5, 0.6) is 0 Å². The summed E-state index contributed by atoms with van der Waals surface area (Å²) >= 11 is 0. The molecule has 0 amide bonds. The lowest BCUT2D eigenvalue weighted by atomic mass is 9.78. The Bertz CT molecular complexity index is 833. The Morgan fingerprint density at radius 3 is 1.89 bits per heavy atom. The molecule has 1 heterocycles. The summed E-state index contributed by atoms with van der Waals surface area (Å²) in [4.78, 5) is 9.68. The van der Waals surface area contributed by atoms with E-state index in [4.69, 9.17) is 9.97 Å². The molecule has 1 aromatic heterocycles. The largest absolute Gasteiger partial charge is 0.241 e. The van der Waals surface area contributed by atoms with Crippen molar-refractivity contribution in [2.75, 3.05) is 0 Å². The highest BCUT2D eigenvalue weighted by molar-refractivity contribution is 5.65. The molecule has 0 radical (unpaired) electrons. The Hall–Kier alpha value is -1.70. The van der Waals surface area contributed by atoms with Gasteiger partial charge in [-0.25, -0.2) is 9.97 Å². The molecule has 2 nitrogen and oxygen atoms in total. The highest BCUT2D eigenvalue weighted by Gasteiger charge is 2.21. The van der Waals surface area contributed by atoms with Gasteiger partial charge in [-0.15, -0.1) is 0 Å². The molecule has 0 unspecified atom stereocenters. The van der Waals surface area contributed by atoms with E-state index in [1.165, 1.54) is 132 Å². The first kappa shape index (κ1) is 28.9. The van der Waals surface area contributed by atoms with Gasteiger partial charge >= 0.3 is 0 Å². The molecule has 1 aliphatic carbocycles. The third-order valence-electron chi connectivity index (χ3n) is 8.57. The number of aryl methyl sites for hydroxylation is 3. The van der Waals surface area contributed by atoms with E-state index >= 15 is 0 Å². The first-order valence-electron chi connectivity index (χ1n) is 15.6. The molecule has 0 bridgehead atoms. The molecule has 0 N–H and O–H groups in total. The number of benzene rings is 1. The second kappa shape index (κ2) is 16.9. The normalized spacial score (nSPS) is 18.0. The van der Waals surface area contributed by atoms with E-state index in [0.29, 0.717) is 0 Å². The minimum absolute atomic E-state index is 0.879. The van der Waals surface area contributed by atoms with Gasteiger partial charge in [-0.3, -0.25) is 0 Å². The summed E-state index contributed by atoms with van der Waals surface area (Å²) in [6, 6.07) is 9.15. The zero-order valence-corrected chi connectivity index (χ0v) is 23.9. The minimum atomic E-state index is 0.879. The van der Waals surface area contributed by atoms with Crippen LogP contribution in [-0.4, -0.2) is 9.97 Å². The standard InChI is InChI=1S/C34H54N2/c1-4-6-8-9-10-11-12-14-16-30-21-24-32(25-22-30)33-27-35-34(36-28(33)3)26-23-31-19-17-29(18-20-31)15-13-7-5-2/h21-22,24-25,27,29,31H,4-20,23,26H2,1-3H3. The third-order valence-corrected chi connectivity index (χ3v) is 8.57. The van der Waals surface area contributed by atoms with Crippen molar-refractivity contribution in [3.8, 4) is 11.1 Å². The van der Waals surface area contributed by atoms with E-state index < -0.39 is 0 Å². The number of nitrogens with zero attached hydrogens (tertiary/aromatic N) is 2. The van der Waals surface area contributed by atoms with Crippen LogP contribution < -0.4 is 0 Å². The van der Waals surface area contributed by atoms with Crippen LogP contribution in [0.15, 0.2) is 30.5 Å². The fourth-order valence-electron chi connectivity index (χ4n) is 6.06. The van der Waals surface area contributed by atoms with Crippen molar-refractivity contribution in [2.45, 2.75) is 143 Å². The van der Waals surface area contributed by atoms with E-state index in [2.05, 4.69) is 51.2 Å². The zero-order valence-electron chi connectivity index (χ0n) is 23.9. The highest BCUT2D eigenvalue weighted by Crippen LogP contribution is 2.34. The fraction of sp³-hybridized carbons (Fsp3) is 0.706. The Balaban J connectivity index is 1.37. The van der Waals surface area contributed by atoms with E-state index in [0.717, 1.165) is 29.8 Å². The number of hydrogen-bond donors (Lipinski definition) is 0. The first-order chi connectivity index (χ1) is 17.7. The maximum atomic E-state index is 4.91. The van der Waals surface area contributed by atoms with E-state index in [1.54, 1.807) is 0 Å². The molecule has 0 aliphatic heterocycles.